The fourth-order valence-corrected chi connectivity index (χ4v) is 5.76. The topological polar surface area (TPSA) is 278 Å². The van der Waals surface area contributed by atoms with Gasteiger partial charge in [0.05, 0.1) is 118 Å². The summed E-state index contributed by atoms with van der Waals surface area (Å²) in [7, 11) is 0. The van der Waals surface area contributed by atoms with E-state index in [4.69, 9.17) is 43.8 Å². The van der Waals surface area contributed by atoms with Crippen LogP contribution in [0.2, 0.25) is 0 Å². The van der Waals surface area contributed by atoms with Crippen LogP contribution in [0.25, 0.3) is 0 Å². The Labute approximate surface area is 357 Å². The summed E-state index contributed by atoms with van der Waals surface area (Å²) in [6, 6.07) is 4.21. The molecule has 1 aromatic rings. The minimum atomic E-state index is -0.952. The maximum atomic E-state index is 13.6. The summed E-state index contributed by atoms with van der Waals surface area (Å²) in [6.07, 6.45) is 3.99. The number of aromatic hydroxyl groups is 1. The number of aliphatic hydroxyl groups is 1. The van der Waals surface area contributed by atoms with Crippen molar-refractivity contribution in [3.63, 3.8) is 0 Å². The monoisotopic (exact) mass is 867 g/mol. The van der Waals surface area contributed by atoms with E-state index >= 15 is 0 Å². The van der Waals surface area contributed by atoms with Crippen LogP contribution >= 0.6 is 0 Å². The lowest BCUT2D eigenvalue weighted by molar-refractivity contribution is -0.141. The largest absolute Gasteiger partial charge is 0.508 e. The Morgan fingerprint density at radius 1 is 0.803 bits per heavy atom. The van der Waals surface area contributed by atoms with Crippen molar-refractivity contribution in [3.8, 4) is 5.75 Å². The summed E-state index contributed by atoms with van der Waals surface area (Å²) >= 11 is 0. The van der Waals surface area contributed by atoms with Crippen LogP contribution in [-0.2, 0) is 63.6 Å². The molecule has 1 saturated heterocycles. The molecule has 0 aliphatic carbocycles. The molecule has 4 amide bonds. The number of rotatable bonds is 38. The summed E-state index contributed by atoms with van der Waals surface area (Å²) in [5.74, 6) is -1.31. The normalized spacial score (nSPS) is 14.8. The van der Waals surface area contributed by atoms with E-state index in [2.05, 4.69) is 26.1 Å². The Morgan fingerprint density at radius 2 is 1.41 bits per heavy atom. The second kappa shape index (κ2) is 35.2. The number of phenolic OH excluding ortho intramolecular Hbond substituents is 1. The zero-order valence-electron chi connectivity index (χ0n) is 35.0. The van der Waals surface area contributed by atoms with Gasteiger partial charge in [-0.3, -0.25) is 24.2 Å². The highest BCUT2D eigenvalue weighted by Crippen LogP contribution is 2.20. The van der Waals surface area contributed by atoms with Crippen molar-refractivity contribution in [1.29, 1.82) is 5.53 Å². The maximum Gasteiger partial charge on any atom is 0.246 e. The minimum Gasteiger partial charge on any atom is -0.508 e. The molecule has 21 heteroatoms. The fraction of sp³-hybridized carbons (Fsp3) is 0.700. The van der Waals surface area contributed by atoms with Gasteiger partial charge in [-0.05, 0) is 37.0 Å². The van der Waals surface area contributed by atoms with Gasteiger partial charge >= 0.3 is 0 Å². The number of aliphatic imine (C=N–C) groups is 1. The van der Waals surface area contributed by atoms with E-state index in [1.807, 2.05) is 0 Å². The van der Waals surface area contributed by atoms with Crippen molar-refractivity contribution in [2.45, 2.75) is 56.7 Å². The molecule has 0 radical (unpaired) electrons. The van der Waals surface area contributed by atoms with E-state index in [1.165, 1.54) is 17.0 Å². The molecule has 6 N–H and O–H groups in total. The van der Waals surface area contributed by atoms with Gasteiger partial charge in [0.25, 0.3) is 0 Å². The lowest BCUT2D eigenvalue weighted by Crippen LogP contribution is -2.54. The number of aldehydes is 1. The number of aliphatic hydroxyl groups excluding tert-OH is 1. The Morgan fingerprint density at radius 3 is 2.03 bits per heavy atom. The van der Waals surface area contributed by atoms with Crippen molar-refractivity contribution < 1.29 is 67.3 Å². The molecule has 1 fully saturated rings. The number of amides is 4. The van der Waals surface area contributed by atoms with Gasteiger partial charge in [-0.1, -0.05) is 12.1 Å². The first-order chi connectivity index (χ1) is 29.8. The number of carbonyl (C=O) groups excluding carboxylic acids is 5. The van der Waals surface area contributed by atoms with Gasteiger partial charge in [0, 0.05) is 38.6 Å². The Bertz CT molecular complexity index is 1410. The van der Waals surface area contributed by atoms with Gasteiger partial charge in [0.1, 0.15) is 24.1 Å². The summed E-state index contributed by atoms with van der Waals surface area (Å²) in [6.45, 7) is 5.36. The number of carbonyl (C=O) groups is 5. The quantitative estimate of drug-likeness (QED) is 0.0214. The number of hydrogen-bond acceptors (Lipinski definition) is 17. The molecule has 1 heterocycles. The molecule has 3 unspecified atom stereocenters. The summed E-state index contributed by atoms with van der Waals surface area (Å²) in [5, 5.41) is 29.9. The Balaban J connectivity index is 1.48. The number of ether oxygens (including phenoxy) is 7. The van der Waals surface area contributed by atoms with E-state index in [9.17, 15) is 29.1 Å². The van der Waals surface area contributed by atoms with E-state index in [1.54, 1.807) is 18.3 Å². The molecule has 21 nitrogen and oxygen atoms in total. The highest BCUT2D eigenvalue weighted by molar-refractivity contribution is 5.93. The van der Waals surface area contributed by atoms with E-state index in [-0.39, 0.29) is 83.6 Å². The second-order valence-corrected chi connectivity index (χ2v) is 13.5. The minimum absolute atomic E-state index is 0.00335. The van der Waals surface area contributed by atoms with Crippen molar-refractivity contribution in [2.75, 3.05) is 125 Å². The standard InChI is InChI=1S/C40H65N7O14/c41-46-33(5-8-37(51)43-12-18-57-22-26-60-27-23-58-19-15-49)31-42-11-17-56-21-25-61-29-28-59-24-20-55-16-9-38(52)45-35(30-32-3-6-34(50)7-4-32)40(54)47-13-1-2-36(47)39(53)44-10-14-48/h3-4,6-7,11,14,33,35-36,41,49-50H,1-2,5,8-10,12-13,15-31H2,(H,43,51)(H,44,53)(H,45,52). The van der Waals surface area contributed by atoms with Crippen LogP contribution in [0.3, 0.4) is 0 Å². The fourth-order valence-electron chi connectivity index (χ4n) is 5.76. The van der Waals surface area contributed by atoms with Crippen LogP contribution in [0, 0.1) is 5.53 Å². The Kier molecular flexibility index (Phi) is 30.3. The molecule has 344 valence electrons. The number of likely N-dealkylation sites (tertiary alicyclic amines) is 1. The van der Waals surface area contributed by atoms with Crippen molar-refractivity contribution in [3.05, 3.63) is 29.8 Å². The molecule has 1 aliphatic heterocycles. The van der Waals surface area contributed by atoms with Crippen LogP contribution < -0.4 is 16.0 Å². The third kappa shape index (κ3) is 25.8. The molecule has 0 aromatic heterocycles. The third-order valence-corrected chi connectivity index (χ3v) is 8.87. The van der Waals surface area contributed by atoms with Crippen molar-refractivity contribution in [2.24, 2.45) is 10.1 Å². The molecule has 1 aliphatic rings. The molecule has 2 rings (SSSR count). The molecular formula is C40H65N7O14. The van der Waals surface area contributed by atoms with E-state index in [0.29, 0.717) is 104 Å². The molecular weight excluding hydrogens is 802 g/mol. The lowest BCUT2D eigenvalue weighted by atomic mass is 10.0. The van der Waals surface area contributed by atoms with Crippen LogP contribution in [0.5, 0.6) is 5.75 Å². The van der Waals surface area contributed by atoms with Crippen molar-refractivity contribution in [1.82, 2.24) is 20.9 Å². The van der Waals surface area contributed by atoms with E-state index < -0.39 is 35.8 Å². The molecule has 0 spiro atoms. The molecule has 0 bridgehead atoms. The van der Waals surface area contributed by atoms with Crippen LogP contribution in [-0.4, -0.2) is 195 Å². The average molecular weight is 868 g/mol. The lowest BCUT2D eigenvalue weighted by Gasteiger charge is -2.28. The van der Waals surface area contributed by atoms with Gasteiger partial charge < -0.3 is 69.0 Å². The number of phenols is 1. The van der Waals surface area contributed by atoms with Gasteiger partial charge in [0.2, 0.25) is 23.6 Å². The van der Waals surface area contributed by atoms with E-state index in [0.717, 1.165) is 0 Å². The number of nitrogens with zero attached hydrogens (tertiary/aromatic N) is 3. The molecule has 61 heavy (non-hydrogen) atoms. The first-order valence-electron chi connectivity index (χ1n) is 20.6. The predicted octanol–water partition coefficient (Wildman–Crippen LogP) is -0.409. The zero-order valence-corrected chi connectivity index (χ0v) is 35.0. The number of hydrogen-bond donors (Lipinski definition) is 6. The third-order valence-electron chi connectivity index (χ3n) is 8.87. The highest BCUT2D eigenvalue weighted by atomic mass is 16.6. The summed E-state index contributed by atoms with van der Waals surface area (Å²) in [4.78, 5) is 67.5. The summed E-state index contributed by atoms with van der Waals surface area (Å²) in [5.41, 5.74) is 8.08. The van der Waals surface area contributed by atoms with Crippen LogP contribution in [0.1, 0.15) is 37.7 Å². The van der Waals surface area contributed by atoms with Gasteiger partial charge in [-0.25, -0.2) is 5.53 Å². The van der Waals surface area contributed by atoms with Gasteiger partial charge in [0.15, 0.2) is 0 Å². The first kappa shape index (κ1) is 52.7. The number of nitrogens with one attached hydrogen (secondary N) is 4. The smallest absolute Gasteiger partial charge is 0.246 e. The second-order valence-electron chi connectivity index (χ2n) is 13.5. The molecule has 0 saturated carbocycles. The van der Waals surface area contributed by atoms with Gasteiger partial charge in [-0.2, -0.15) is 5.11 Å². The van der Waals surface area contributed by atoms with Crippen LogP contribution in [0.15, 0.2) is 34.4 Å². The summed E-state index contributed by atoms with van der Waals surface area (Å²) < 4.78 is 37.8. The maximum absolute atomic E-state index is 13.6. The molecule has 1 aromatic carbocycles. The SMILES string of the molecule is N=NC(CCC(=O)NCCOCCOCCOCCO)CN=CCOCCOCCOCCOCCC(=O)NC(Cc1ccc(O)cc1)C(=O)N1CCCC1C(=O)NCC=O. The van der Waals surface area contributed by atoms with Crippen molar-refractivity contribution >= 4 is 36.1 Å². The average Bonchev–Trinajstić information content (AvgIpc) is 3.76. The molecule has 3 atom stereocenters. The van der Waals surface area contributed by atoms with Gasteiger partial charge in [-0.15, -0.1) is 0 Å². The predicted molar refractivity (Wildman–Crippen MR) is 220 cm³/mol. The Hall–Kier alpha value is -4.48. The first-order valence-corrected chi connectivity index (χ1v) is 20.6. The number of benzene rings is 1. The van der Waals surface area contributed by atoms with Crippen LogP contribution in [0.4, 0.5) is 0 Å². The zero-order chi connectivity index (χ0) is 44.2. The highest BCUT2D eigenvalue weighted by Gasteiger charge is 2.37.